The molecule has 0 amide bonds. The minimum absolute atomic E-state index is 0.0572. The Balaban J connectivity index is 1.62. The lowest BCUT2D eigenvalue weighted by atomic mass is 10.0. The van der Waals surface area contributed by atoms with E-state index in [9.17, 15) is 15.4 Å². The number of halogens is 1. The summed E-state index contributed by atoms with van der Waals surface area (Å²) in [6, 6.07) is 19.0. The second-order valence-electron chi connectivity index (χ2n) is 6.91. The van der Waals surface area contributed by atoms with E-state index >= 15 is 0 Å². The van der Waals surface area contributed by atoms with Gasteiger partial charge in [-0.05, 0) is 35.9 Å². The summed E-state index contributed by atoms with van der Waals surface area (Å²) in [7, 11) is 0. The zero-order valence-corrected chi connectivity index (χ0v) is 17.9. The van der Waals surface area contributed by atoms with Gasteiger partial charge in [0, 0.05) is 42.0 Å². The van der Waals surface area contributed by atoms with Crippen molar-refractivity contribution < 1.29 is 9.66 Å². The van der Waals surface area contributed by atoms with Crippen LogP contribution in [-0.4, -0.2) is 14.9 Å². The number of aromatic nitrogens is 2. The van der Waals surface area contributed by atoms with E-state index in [-0.39, 0.29) is 17.9 Å². The van der Waals surface area contributed by atoms with Gasteiger partial charge in [0.25, 0.3) is 5.69 Å². The Morgan fingerprint density at radius 3 is 2.73 bits per heavy atom. The van der Waals surface area contributed by atoms with Crippen molar-refractivity contribution in [1.82, 2.24) is 9.97 Å². The molecule has 4 aromatic rings. The zero-order chi connectivity index (χ0) is 23.2. The molecule has 2 aromatic heterocycles. The molecule has 0 aliphatic carbocycles. The molecule has 4 rings (SSSR count). The van der Waals surface area contributed by atoms with Crippen molar-refractivity contribution in [2.24, 2.45) is 0 Å². The molecule has 0 saturated heterocycles. The molecule has 0 bridgehead atoms. The summed E-state index contributed by atoms with van der Waals surface area (Å²) in [5.41, 5.74) is 3.17. The summed E-state index contributed by atoms with van der Waals surface area (Å²) in [5, 5.41) is 24.4. The number of hydrogen-bond acceptors (Lipinski definition) is 7. The first-order chi connectivity index (χ1) is 16.0. The maximum atomic E-state index is 11.2. The minimum atomic E-state index is -0.471. The molecule has 2 heterocycles. The fourth-order valence-electron chi connectivity index (χ4n) is 3.16. The molecule has 9 heteroatoms. The van der Waals surface area contributed by atoms with Gasteiger partial charge >= 0.3 is 0 Å². The van der Waals surface area contributed by atoms with Crippen LogP contribution in [0.15, 0.2) is 79.3 Å². The van der Waals surface area contributed by atoms with Crippen LogP contribution in [0.2, 0.25) is 5.02 Å². The topological polar surface area (TPSA) is 114 Å². The summed E-state index contributed by atoms with van der Waals surface area (Å²) < 4.78 is 5.75. The predicted octanol–water partition coefficient (Wildman–Crippen LogP) is 5.90. The van der Waals surface area contributed by atoms with Gasteiger partial charge in [0.1, 0.15) is 18.4 Å². The van der Waals surface area contributed by atoms with Gasteiger partial charge in [-0.25, -0.2) is 0 Å². The number of hydrogen-bond donors (Lipinski definition) is 1. The third-order valence-corrected chi connectivity index (χ3v) is 5.03. The van der Waals surface area contributed by atoms with Crippen LogP contribution < -0.4 is 10.1 Å². The van der Waals surface area contributed by atoms with E-state index < -0.39 is 4.92 Å². The van der Waals surface area contributed by atoms with Crippen LogP contribution in [0.1, 0.15) is 11.3 Å². The van der Waals surface area contributed by atoms with Gasteiger partial charge in [-0.1, -0.05) is 29.8 Å². The quantitative estimate of drug-likeness (QED) is 0.271. The van der Waals surface area contributed by atoms with E-state index in [0.717, 1.165) is 5.69 Å². The number of ether oxygens (including phenoxy) is 1. The first-order valence-electron chi connectivity index (χ1n) is 9.77. The summed E-state index contributed by atoms with van der Waals surface area (Å²) in [6.45, 7) is 0.271. The fourth-order valence-corrected chi connectivity index (χ4v) is 3.40. The van der Waals surface area contributed by atoms with E-state index in [1.165, 1.54) is 18.3 Å². The molecule has 33 heavy (non-hydrogen) atoms. The van der Waals surface area contributed by atoms with Gasteiger partial charge in [-0.2, -0.15) is 5.26 Å². The van der Waals surface area contributed by atoms with E-state index in [0.29, 0.717) is 33.3 Å². The third-order valence-electron chi connectivity index (χ3n) is 4.74. The molecule has 162 valence electrons. The lowest BCUT2D eigenvalue weighted by molar-refractivity contribution is -0.384. The van der Waals surface area contributed by atoms with Crippen molar-refractivity contribution in [3.05, 3.63) is 106 Å². The normalized spacial score (nSPS) is 10.3. The maximum Gasteiger partial charge on any atom is 0.270 e. The maximum absolute atomic E-state index is 11.2. The number of nitro benzene ring substituents is 1. The summed E-state index contributed by atoms with van der Waals surface area (Å²) >= 11 is 6.41. The molecular formula is C24H16ClN5O3. The second-order valence-corrected chi connectivity index (χ2v) is 7.32. The molecule has 2 aromatic carbocycles. The number of pyridine rings is 2. The molecule has 0 unspecified atom stereocenters. The molecule has 8 nitrogen and oxygen atoms in total. The number of nitrogens with one attached hydrogen (secondary N) is 1. The Morgan fingerprint density at radius 2 is 2.00 bits per heavy atom. The van der Waals surface area contributed by atoms with Crippen molar-refractivity contribution in [3.63, 3.8) is 0 Å². The number of nitro groups is 1. The number of non-ortho nitro benzene ring substituents is 1. The molecule has 0 spiro atoms. The number of rotatable bonds is 7. The zero-order valence-electron chi connectivity index (χ0n) is 17.1. The van der Waals surface area contributed by atoms with Crippen LogP contribution in [0.4, 0.5) is 17.1 Å². The minimum Gasteiger partial charge on any atom is -0.486 e. The molecule has 1 N–H and O–H groups in total. The van der Waals surface area contributed by atoms with Gasteiger partial charge in [0.15, 0.2) is 0 Å². The number of nitriles is 1. The predicted molar refractivity (Wildman–Crippen MR) is 124 cm³/mol. The van der Waals surface area contributed by atoms with Crippen LogP contribution in [0, 0.1) is 21.4 Å². The van der Waals surface area contributed by atoms with Crippen molar-refractivity contribution in [3.8, 4) is 22.9 Å². The molecule has 0 aliphatic rings. The van der Waals surface area contributed by atoms with Crippen LogP contribution in [-0.2, 0) is 6.61 Å². The Kier molecular flexibility index (Phi) is 6.43. The summed E-state index contributed by atoms with van der Waals surface area (Å²) in [5.74, 6) is 0.488. The van der Waals surface area contributed by atoms with Gasteiger partial charge in [0.05, 0.1) is 26.9 Å². The van der Waals surface area contributed by atoms with Gasteiger partial charge in [0.2, 0.25) is 0 Å². The van der Waals surface area contributed by atoms with Gasteiger partial charge in [-0.15, -0.1) is 0 Å². The monoisotopic (exact) mass is 457 g/mol. The average Bonchev–Trinajstić information content (AvgIpc) is 2.84. The Labute approximate surface area is 194 Å². The standard InChI is InChI=1S/C24H16ClN5O3/c25-22-11-18(7-8-23(22)33-15-19-5-1-2-9-28-19)29-24-17(12-26)13-27-14-21(24)16-4-3-6-20(10-16)30(31)32/h1-11,13-14H,15H2,(H,27,29). The first kappa shape index (κ1) is 21.7. The highest BCUT2D eigenvalue weighted by Crippen LogP contribution is 2.36. The van der Waals surface area contributed by atoms with Crippen molar-refractivity contribution in [2.45, 2.75) is 6.61 Å². The lowest BCUT2D eigenvalue weighted by Crippen LogP contribution is -2.00. The van der Waals surface area contributed by atoms with Crippen LogP contribution in [0.25, 0.3) is 11.1 Å². The van der Waals surface area contributed by atoms with E-state index in [1.54, 1.807) is 42.7 Å². The molecule has 0 atom stereocenters. The molecule has 0 saturated carbocycles. The van der Waals surface area contributed by atoms with Crippen molar-refractivity contribution in [2.75, 3.05) is 5.32 Å². The number of nitrogens with zero attached hydrogens (tertiary/aromatic N) is 4. The molecular weight excluding hydrogens is 442 g/mol. The van der Waals surface area contributed by atoms with E-state index in [2.05, 4.69) is 21.4 Å². The van der Waals surface area contributed by atoms with Gasteiger partial charge in [-0.3, -0.25) is 20.1 Å². The highest BCUT2D eigenvalue weighted by molar-refractivity contribution is 6.32. The van der Waals surface area contributed by atoms with Crippen LogP contribution in [0.5, 0.6) is 5.75 Å². The Bertz CT molecular complexity index is 1360. The Hall–Kier alpha value is -4.48. The lowest BCUT2D eigenvalue weighted by Gasteiger charge is -2.15. The highest BCUT2D eigenvalue weighted by atomic mass is 35.5. The Morgan fingerprint density at radius 1 is 1.12 bits per heavy atom. The van der Waals surface area contributed by atoms with Crippen LogP contribution in [0.3, 0.4) is 0 Å². The number of anilines is 2. The average molecular weight is 458 g/mol. The van der Waals surface area contributed by atoms with E-state index in [1.807, 2.05) is 18.2 Å². The largest absolute Gasteiger partial charge is 0.486 e. The van der Waals surface area contributed by atoms with Crippen molar-refractivity contribution >= 4 is 28.7 Å². The highest BCUT2D eigenvalue weighted by Gasteiger charge is 2.15. The molecule has 0 radical (unpaired) electrons. The molecule has 0 aliphatic heterocycles. The summed E-state index contributed by atoms with van der Waals surface area (Å²) in [4.78, 5) is 19.0. The summed E-state index contributed by atoms with van der Waals surface area (Å²) in [6.07, 6.45) is 4.66. The smallest absolute Gasteiger partial charge is 0.270 e. The first-order valence-corrected chi connectivity index (χ1v) is 10.1. The number of benzene rings is 2. The molecule has 0 fully saturated rings. The third kappa shape index (κ3) is 5.06. The van der Waals surface area contributed by atoms with Crippen molar-refractivity contribution in [1.29, 1.82) is 5.26 Å². The van der Waals surface area contributed by atoms with E-state index in [4.69, 9.17) is 16.3 Å². The second kappa shape index (κ2) is 9.77. The van der Waals surface area contributed by atoms with Crippen LogP contribution >= 0.6 is 11.6 Å². The fraction of sp³-hybridized carbons (Fsp3) is 0.0417. The SMILES string of the molecule is N#Cc1cncc(-c2cccc([N+](=O)[O-])c2)c1Nc1ccc(OCc2ccccn2)c(Cl)c1. The van der Waals surface area contributed by atoms with Gasteiger partial charge < -0.3 is 10.1 Å².